The van der Waals surface area contributed by atoms with Gasteiger partial charge in [-0.25, -0.2) is 12.7 Å². The Balaban J connectivity index is 1.72. The first kappa shape index (κ1) is 16.4. The van der Waals surface area contributed by atoms with E-state index in [0.29, 0.717) is 39.0 Å². The van der Waals surface area contributed by atoms with Gasteiger partial charge in [0.05, 0.1) is 23.5 Å². The van der Waals surface area contributed by atoms with E-state index in [1.165, 1.54) is 10.6 Å². The summed E-state index contributed by atoms with van der Waals surface area (Å²) in [5.41, 5.74) is 0. The number of nitrogens with zero attached hydrogens (tertiary/aromatic N) is 3. The molecule has 2 heterocycles. The third-order valence-electron chi connectivity index (χ3n) is 3.54. The van der Waals surface area contributed by atoms with Crippen LogP contribution in [0, 0.1) is 5.92 Å². The first-order chi connectivity index (χ1) is 9.86. The van der Waals surface area contributed by atoms with Crippen molar-refractivity contribution in [3.63, 3.8) is 0 Å². The number of carbonyl (C=O) groups excluding carboxylic acids is 1. The molecular weight excluding hydrogens is 360 g/mol. The number of hydrogen-bond donors (Lipinski definition) is 1. The van der Waals surface area contributed by atoms with Crippen molar-refractivity contribution in [1.29, 1.82) is 0 Å². The molecule has 1 fully saturated rings. The zero-order chi connectivity index (χ0) is 15.5. The highest BCUT2D eigenvalue weighted by Gasteiger charge is 2.28. The van der Waals surface area contributed by atoms with Gasteiger partial charge in [-0.05, 0) is 28.8 Å². The van der Waals surface area contributed by atoms with Crippen molar-refractivity contribution in [3.8, 4) is 0 Å². The van der Waals surface area contributed by atoms with Gasteiger partial charge >= 0.3 is 0 Å². The number of aromatic nitrogens is 2. The van der Waals surface area contributed by atoms with Crippen LogP contribution in [0.4, 0.5) is 0 Å². The maximum absolute atomic E-state index is 12.0. The van der Waals surface area contributed by atoms with Crippen molar-refractivity contribution in [2.45, 2.75) is 19.4 Å². The van der Waals surface area contributed by atoms with Gasteiger partial charge in [0.1, 0.15) is 0 Å². The minimum Gasteiger partial charge on any atom is -0.354 e. The molecule has 0 saturated carbocycles. The molecule has 0 aliphatic carbocycles. The van der Waals surface area contributed by atoms with Gasteiger partial charge < -0.3 is 5.32 Å². The van der Waals surface area contributed by atoms with Gasteiger partial charge in [0.25, 0.3) is 0 Å². The van der Waals surface area contributed by atoms with Crippen LogP contribution in [-0.4, -0.2) is 54.3 Å². The highest BCUT2D eigenvalue weighted by molar-refractivity contribution is 9.10. The number of halogens is 1. The van der Waals surface area contributed by atoms with Crippen molar-refractivity contribution in [2.24, 2.45) is 5.92 Å². The lowest BCUT2D eigenvalue weighted by Crippen LogP contribution is -2.43. The summed E-state index contributed by atoms with van der Waals surface area (Å²) >= 11 is 3.31. The summed E-state index contributed by atoms with van der Waals surface area (Å²) in [6, 6.07) is 0. The fourth-order valence-electron chi connectivity index (χ4n) is 2.35. The van der Waals surface area contributed by atoms with Crippen LogP contribution < -0.4 is 5.32 Å². The first-order valence-corrected chi connectivity index (χ1v) is 9.41. The number of sulfonamides is 1. The molecular formula is C12H19BrN4O3S. The van der Waals surface area contributed by atoms with E-state index in [2.05, 4.69) is 26.3 Å². The second-order valence-electron chi connectivity index (χ2n) is 5.15. The van der Waals surface area contributed by atoms with Gasteiger partial charge in [0.15, 0.2) is 0 Å². The highest BCUT2D eigenvalue weighted by atomic mass is 79.9. The summed E-state index contributed by atoms with van der Waals surface area (Å²) in [5, 5.41) is 6.99. The lowest BCUT2D eigenvalue weighted by molar-refractivity contribution is -0.126. The Bertz CT molecular complexity index is 593. The molecule has 0 unspecified atom stereocenters. The van der Waals surface area contributed by atoms with Gasteiger partial charge in [0, 0.05) is 31.7 Å². The lowest BCUT2D eigenvalue weighted by atomic mass is 9.97. The number of carbonyl (C=O) groups is 1. The summed E-state index contributed by atoms with van der Waals surface area (Å²) < 4.78 is 26.9. The van der Waals surface area contributed by atoms with E-state index in [-0.39, 0.29) is 11.8 Å². The van der Waals surface area contributed by atoms with E-state index in [9.17, 15) is 13.2 Å². The van der Waals surface area contributed by atoms with Crippen LogP contribution in [0.1, 0.15) is 12.8 Å². The molecule has 21 heavy (non-hydrogen) atoms. The number of piperidine rings is 1. The molecule has 1 N–H and O–H groups in total. The van der Waals surface area contributed by atoms with Crippen LogP contribution >= 0.6 is 15.9 Å². The second kappa shape index (κ2) is 6.89. The topological polar surface area (TPSA) is 84.3 Å². The molecule has 0 atom stereocenters. The van der Waals surface area contributed by atoms with Crippen LogP contribution in [-0.2, 0) is 21.4 Å². The Morgan fingerprint density at radius 2 is 2.14 bits per heavy atom. The molecule has 0 bridgehead atoms. The Hall–Kier alpha value is -0.930. The molecule has 9 heteroatoms. The first-order valence-electron chi connectivity index (χ1n) is 6.77. The molecule has 0 spiro atoms. The van der Waals surface area contributed by atoms with Crippen molar-refractivity contribution >= 4 is 31.9 Å². The Morgan fingerprint density at radius 3 is 2.67 bits per heavy atom. The van der Waals surface area contributed by atoms with E-state index in [4.69, 9.17) is 0 Å². The van der Waals surface area contributed by atoms with Crippen LogP contribution in [0.3, 0.4) is 0 Å². The second-order valence-corrected chi connectivity index (χ2v) is 8.05. The Kier molecular flexibility index (Phi) is 5.39. The van der Waals surface area contributed by atoms with Crippen molar-refractivity contribution in [3.05, 3.63) is 16.9 Å². The fraction of sp³-hybridized carbons (Fsp3) is 0.667. The van der Waals surface area contributed by atoms with Gasteiger partial charge in [-0.15, -0.1) is 0 Å². The molecule has 118 valence electrons. The van der Waals surface area contributed by atoms with E-state index in [1.54, 1.807) is 10.9 Å². The van der Waals surface area contributed by atoms with Crippen molar-refractivity contribution in [1.82, 2.24) is 19.4 Å². The zero-order valence-corrected chi connectivity index (χ0v) is 14.2. The van der Waals surface area contributed by atoms with Crippen molar-refractivity contribution in [2.75, 3.05) is 25.9 Å². The van der Waals surface area contributed by atoms with E-state index in [1.807, 2.05) is 6.20 Å². The Morgan fingerprint density at radius 1 is 1.48 bits per heavy atom. The molecule has 1 aliphatic heterocycles. The van der Waals surface area contributed by atoms with Gasteiger partial charge in [0.2, 0.25) is 15.9 Å². The molecule has 1 aromatic rings. The maximum atomic E-state index is 12.0. The number of hydrogen-bond acceptors (Lipinski definition) is 4. The molecule has 1 amide bonds. The molecule has 0 aromatic carbocycles. The minimum absolute atomic E-state index is 0.00521. The molecule has 7 nitrogen and oxygen atoms in total. The highest BCUT2D eigenvalue weighted by Crippen LogP contribution is 2.19. The van der Waals surface area contributed by atoms with Crippen LogP contribution in [0.2, 0.25) is 0 Å². The summed E-state index contributed by atoms with van der Waals surface area (Å²) in [6.45, 7) is 1.96. The zero-order valence-electron chi connectivity index (χ0n) is 11.8. The summed E-state index contributed by atoms with van der Waals surface area (Å²) in [7, 11) is -3.14. The molecule has 1 aliphatic rings. The molecule has 0 radical (unpaired) electrons. The monoisotopic (exact) mass is 378 g/mol. The van der Waals surface area contributed by atoms with Gasteiger partial charge in [-0.2, -0.15) is 5.10 Å². The Labute approximate surface area is 132 Å². The third-order valence-corrected chi connectivity index (χ3v) is 5.25. The summed E-state index contributed by atoms with van der Waals surface area (Å²) in [6.07, 6.45) is 5.90. The van der Waals surface area contributed by atoms with Crippen molar-refractivity contribution < 1.29 is 13.2 Å². The summed E-state index contributed by atoms with van der Waals surface area (Å²) in [4.78, 5) is 12.0. The predicted molar refractivity (Wildman–Crippen MR) is 82.1 cm³/mol. The predicted octanol–water partition coefficient (Wildman–Crippen LogP) is 0.433. The minimum atomic E-state index is -3.14. The largest absolute Gasteiger partial charge is 0.354 e. The molecule has 1 aromatic heterocycles. The third kappa shape index (κ3) is 4.79. The number of rotatable bonds is 5. The van der Waals surface area contributed by atoms with E-state index < -0.39 is 10.0 Å². The lowest BCUT2D eigenvalue weighted by Gasteiger charge is -2.29. The standard InChI is InChI=1S/C12H19BrN4O3S/c1-21(19,20)17-5-2-10(3-6-17)12(18)14-4-7-16-9-11(13)8-15-16/h8-10H,2-7H2,1H3,(H,14,18). The molecule has 1 saturated heterocycles. The molecule has 2 rings (SSSR count). The average Bonchev–Trinajstić information content (AvgIpc) is 2.83. The van der Waals surface area contributed by atoms with Crippen LogP contribution in [0.25, 0.3) is 0 Å². The number of nitrogens with one attached hydrogen (secondary N) is 1. The van der Waals surface area contributed by atoms with Crippen LogP contribution in [0.5, 0.6) is 0 Å². The quantitative estimate of drug-likeness (QED) is 0.805. The number of amides is 1. The summed E-state index contributed by atoms with van der Waals surface area (Å²) in [5.74, 6) is -0.110. The van der Waals surface area contributed by atoms with E-state index in [0.717, 1.165) is 4.47 Å². The van der Waals surface area contributed by atoms with E-state index >= 15 is 0 Å². The van der Waals surface area contributed by atoms with Gasteiger partial charge in [-0.1, -0.05) is 0 Å². The van der Waals surface area contributed by atoms with Gasteiger partial charge in [-0.3, -0.25) is 9.48 Å². The fourth-order valence-corrected chi connectivity index (χ4v) is 3.55. The van der Waals surface area contributed by atoms with Crippen LogP contribution in [0.15, 0.2) is 16.9 Å². The smallest absolute Gasteiger partial charge is 0.223 e. The normalized spacial score (nSPS) is 17.8. The maximum Gasteiger partial charge on any atom is 0.223 e. The average molecular weight is 379 g/mol. The SMILES string of the molecule is CS(=O)(=O)N1CCC(C(=O)NCCn2cc(Br)cn2)CC1.